The summed E-state index contributed by atoms with van der Waals surface area (Å²) in [6.45, 7) is 13.6. The summed E-state index contributed by atoms with van der Waals surface area (Å²) in [5.41, 5.74) is 0. The smallest absolute Gasteiger partial charge is 0.228 e. The average Bonchev–Trinajstić information content (AvgIpc) is 1.84. The molecule has 0 aliphatic carbocycles. The quantitative estimate of drug-likeness (QED) is 0.644. The number of halogens is 1. The molecular formula is C9H21BrN+. The molecule has 2 heteroatoms. The van der Waals surface area contributed by atoms with E-state index >= 15 is 0 Å². The molecule has 0 radical (unpaired) electrons. The van der Waals surface area contributed by atoms with Crippen molar-refractivity contribution in [2.24, 2.45) is 0 Å². The van der Waals surface area contributed by atoms with E-state index in [1.807, 2.05) is 0 Å². The summed E-state index contributed by atoms with van der Waals surface area (Å²) >= 11 is 3.82. The van der Waals surface area contributed by atoms with E-state index in [2.05, 4.69) is 57.7 Å². The molecule has 0 aliphatic heterocycles. The van der Waals surface area contributed by atoms with Crippen LogP contribution in [0.3, 0.4) is 0 Å². The summed E-state index contributed by atoms with van der Waals surface area (Å²) in [5.74, 6) is 0. The van der Waals surface area contributed by atoms with Crippen LogP contribution in [0.2, 0.25) is 0 Å². The predicted octanol–water partition coefficient (Wildman–Crippen LogP) is 3.34. The van der Waals surface area contributed by atoms with Gasteiger partial charge in [0.2, 0.25) is 16.1 Å². The maximum atomic E-state index is 3.82. The zero-order valence-corrected chi connectivity index (χ0v) is 10.1. The van der Waals surface area contributed by atoms with Gasteiger partial charge in [-0.3, -0.25) is 3.51 Å². The average molecular weight is 223 g/mol. The first-order valence-electron chi connectivity index (χ1n) is 4.41. The van der Waals surface area contributed by atoms with Gasteiger partial charge in [-0.05, 0) is 41.5 Å². The molecule has 0 saturated heterocycles. The molecule has 0 fully saturated rings. The Kier molecular flexibility index (Phi) is 4.06. The molecule has 0 rings (SSSR count). The molecule has 0 N–H and O–H groups in total. The molecule has 1 nitrogen and oxygen atoms in total. The normalized spacial score (nSPS) is 13.6. The first-order valence-corrected chi connectivity index (χ1v) is 5.12. The van der Waals surface area contributed by atoms with E-state index in [0.29, 0.717) is 18.1 Å². The Morgan fingerprint density at radius 3 is 0.909 bits per heavy atom. The van der Waals surface area contributed by atoms with Gasteiger partial charge >= 0.3 is 0 Å². The summed E-state index contributed by atoms with van der Waals surface area (Å²) in [4.78, 5) is 0. The van der Waals surface area contributed by atoms with Crippen LogP contribution in [0.25, 0.3) is 0 Å². The third-order valence-electron chi connectivity index (χ3n) is 2.37. The van der Waals surface area contributed by atoms with Gasteiger partial charge in [0, 0.05) is 0 Å². The molecule has 0 bridgehead atoms. The Balaban J connectivity index is 4.53. The van der Waals surface area contributed by atoms with Crippen molar-refractivity contribution in [2.75, 3.05) is 0 Å². The van der Waals surface area contributed by atoms with E-state index in [0.717, 1.165) is 3.51 Å². The molecule has 0 aliphatic rings. The van der Waals surface area contributed by atoms with Crippen LogP contribution in [0, 0.1) is 0 Å². The van der Waals surface area contributed by atoms with E-state index in [-0.39, 0.29) is 0 Å². The Morgan fingerprint density at radius 1 is 0.727 bits per heavy atom. The molecule has 0 aromatic rings. The van der Waals surface area contributed by atoms with Gasteiger partial charge in [-0.15, -0.1) is 0 Å². The van der Waals surface area contributed by atoms with Crippen molar-refractivity contribution < 1.29 is 3.51 Å². The lowest BCUT2D eigenvalue weighted by Gasteiger charge is -2.41. The van der Waals surface area contributed by atoms with Crippen molar-refractivity contribution in [1.82, 2.24) is 0 Å². The number of rotatable bonds is 3. The van der Waals surface area contributed by atoms with Crippen LogP contribution < -0.4 is 0 Å². The minimum Gasteiger partial charge on any atom is -0.250 e. The third kappa shape index (κ3) is 2.19. The second-order valence-corrected chi connectivity index (χ2v) is 5.25. The van der Waals surface area contributed by atoms with E-state index < -0.39 is 0 Å². The molecule has 0 amide bonds. The van der Waals surface area contributed by atoms with Crippen molar-refractivity contribution in [3.05, 3.63) is 0 Å². The van der Waals surface area contributed by atoms with E-state index in [1.54, 1.807) is 0 Å². The molecule has 11 heavy (non-hydrogen) atoms. The van der Waals surface area contributed by atoms with Gasteiger partial charge in [-0.2, -0.15) is 0 Å². The Morgan fingerprint density at radius 2 is 0.909 bits per heavy atom. The fraction of sp³-hybridized carbons (Fsp3) is 1.00. The first kappa shape index (κ1) is 11.4. The summed E-state index contributed by atoms with van der Waals surface area (Å²) < 4.78 is 0.979. The maximum Gasteiger partial charge on any atom is 0.228 e. The summed E-state index contributed by atoms with van der Waals surface area (Å²) in [5, 5.41) is 0. The summed E-state index contributed by atoms with van der Waals surface area (Å²) in [6.07, 6.45) is 0. The second kappa shape index (κ2) is 3.90. The van der Waals surface area contributed by atoms with Crippen molar-refractivity contribution in [1.29, 1.82) is 0 Å². The van der Waals surface area contributed by atoms with Gasteiger partial charge in [0.05, 0.1) is 18.1 Å². The minimum atomic E-state index is 0.634. The number of nitrogens with zero attached hydrogens (tertiary/aromatic N) is 1. The van der Waals surface area contributed by atoms with Gasteiger partial charge in [-0.25, -0.2) is 0 Å². The minimum absolute atomic E-state index is 0.634. The first-order chi connectivity index (χ1) is 4.83. The molecule has 0 heterocycles. The lowest BCUT2D eigenvalue weighted by atomic mass is 10.2. The van der Waals surface area contributed by atoms with Crippen LogP contribution in [-0.2, 0) is 0 Å². The van der Waals surface area contributed by atoms with E-state index in [4.69, 9.17) is 0 Å². The summed E-state index contributed by atoms with van der Waals surface area (Å²) in [7, 11) is 0. The lowest BCUT2D eigenvalue weighted by Crippen LogP contribution is -2.53. The topological polar surface area (TPSA) is 0 Å². The van der Waals surface area contributed by atoms with Crippen LogP contribution in [0.4, 0.5) is 0 Å². The zero-order valence-electron chi connectivity index (χ0n) is 8.56. The highest BCUT2D eigenvalue weighted by atomic mass is 79.9. The van der Waals surface area contributed by atoms with Crippen LogP contribution in [0.1, 0.15) is 41.5 Å². The van der Waals surface area contributed by atoms with Crippen molar-refractivity contribution in [3.8, 4) is 0 Å². The second-order valence-electron chi connectivity index (χ2n) is 4.02. The van der Waals surface area contributed by atoms with Gasteiger partial charge in [0.15, 0.2) is 0 Å². The molecule has 0 unspecified atom stereocenters. The van der Waals surface area contributed by atoms with Crippen LogP contribution >= 0.6 is 16.1 Å². The number of hydrogen-bond donors (Lipinski definition) is 0. The number of hydrogen-bond acceptors (Lipinski definition) is 0. The molecule has 0 spiro atoms. The molecule has 0 atom stereocenters. The highest BCUT2D eigenvalue weighted by Gasteiger charge is 2.36. The van der Waals surface area contributed by atoms with Crippen LogP contribution in [0.5, 0.6) is 0 Å². The molecule has 0 saturated carbocycles. The van der Waals surface area contributed by atoms with Gasteiger partial charge < -0.3 is 0 Å². The van der Waals surface area contributed by atoms with E-state index in [9.17, 15) is 0 Å². The Bertz CT molecular complexity index is 97.0. The van der Waals surface area contributed by atoms with Gasteiger partial charge in [0.25, 0.3) is 0 Å². The van der Waals surface area contributed by atoms with Crippen molar-refractivity contribution >= 4 is 16.1 Å². The zero-order chi connectivity index (χ0) is 9.23. The highest BCUT2D eigenvalue weighted by molar-refractivity contribution is 9.05. The molecule has 68 valence electrons. The highest BCUT2D eigenvalue weighted by Crippen LogP contribution is 2.29. The lowest BCUT2D eigenvalue weighted by molar-refractivity contribution is -0.847. The molecular weight excluding hydrogens is 202 g/mol. The summed E-state index contributed by atoms with van der Waals surface area (Å²) in [6, 6.07) is 1.90. The maximum absolute atomic E-state index is 3.82. The van der Waals surface area contributed by atoms with E-state index in [1.165, 1.54) is 0 Å². The van der Waals surface area contributed by atoms with Crippen LogP contribution in [-0.4, -0.2) is 21.6 Å². The fourth-order valence-electron chi connectivity index (χ4n) is 1.79. The van der Waals surface area contributed by atoms with Crippen molar-refractivity contribution in [3.63, 3.8) is 0 Å². The SMILES string of the molecule is CC(C)[N+](Br)(C(C)C)C(C)C. The van der Waals surface area contributed by atoms with Crippen LogP contribution in [0.15, 0.2) is 0 Å². The number of quaternary nitrogens is 1. The largest absolute Gasteiger partial charge is 0.250 e. The third-order valence-corrected chi connectivity index (χ3v) is 4.83. The monoisotopic (exact) mass is 222 g/mol. The standard InChI is InChI=1S/C9H21BrN/c1-7(2)11(10,8(3)4)9(5)6/h7-9H,1-6H3/q+1. The predicted molar refractivity (Wildman–Crippen MR) is 54.6 cm³/mol. The van der Waals surface area contributed by atoms with Gasteiger partial charge in [-0.1, -0.05) is 0 Å². The molecule has 0 aromatic carbocycles. The van der Waals surface area contributed by atoms with Gasteiger partial charge in [0.1, 0.15) is 0 Å². The van der Waals surface area contributed by atoms with Crippen molar-refractivity contribution in [2.45, 2.75) is 59.7 Å². The Hall–Kier alpha value is 0.440. The molecule has 0 aromatic heterocycles. The fourth-order valence-corrected chi connectivity index (χ4v) is 1.79. The Labute approximate surface area is 79.7 Å².